The lowest BCUT2D eigenvalue weighted by Crippen LogP contribution is -2.57. The Morgan fingerprint density at radius 1 is 0.800 bits per heavy atom. The van der Waals surface area contributed by atoms with Crippen LogP contribution in [-0.2, 0) is 28.9 Å². The number of hydrogen-bond donors (Lipinski definition) is 0. The van der Waals surface area contributed by atoms with Crippen molar-refractivity contribution in [2.45, 2.75) is 29.6 Å². The molecule has 1 saturated heterocycles. The second-order valence-electron chi connectivity index (χ2n) is 10.7. The minimum atomic E-state index is -1.36. The van der Waals surface area contributed by atoms with E-state index >= 15 is 0 Å². The van der Waals surface area contributed by atoms with Gasteiger partial charge in [-0.15, -0.1) is 23.2 Å². The summed E-state index contributed by atoms with van der Waals surface area (Å²) in [6.07, 6.45) is 0. The number of Topliss-reactive ketones (excluding diaryl/α,β-unsaturated/α-hetero) is 1. The summed E-state index contributed by atoms with van der Waals surface area (Å²) < 4.78 is 5.38. The molecule has 9 heteroatoms. The summed E-state index contributed by atoms with van der Waals surface area (Å²) in [5.74, 6) is -5.04. The van der Waals surface area contributed by atoms with Gasteiger partial charge in [-0.1, -0.05) is 74.0 Å². The van der Waals surface area contributed by atoms with E-state index in [1.807, 2.05) is 48.5 Å². The van der Waals surface area contributed by atoms with Gasteiger partial charge in [0, 0.05) is 10.6 Å². The van der Waals surface area contributed by atoms with Crippen LogP contribution in [0.3, 0.4) is 0 Å². The van der Waals surface area contributed by atoms with Gasteiger partial charge in [0.2, 0.25) is 11.8 Å². The van der Waals surface area contributed by atoms with Crippen molar-refractivity contribution in [2.75, 3.05) is 6.61 Å². The average molecular weight is 597 g/mol. The van der Waals surface area contributed by atoms with Gasteiger partial charge in [-0.3, -0.25) is 19.3 Å². The Morgan fingerprint density at radius 3 is 1.62 bits per heavy atom. The SMILES string of the molecule is CC(C)[C@@H](C(=O)OCC(=O)c1ccc(Cl)cc1)N1C(=O)[C@H]2[C@H](C1=O)C1(Cl)c3ccccc3C2(Cl)c2ccccc21. The Bertz CT molecular complexity index is 1460. The standard InChI is InChI=1S/C31H24Cl3NO5/c1-16(2)26(29(39)40-15-23(36)17-11-13-18(32)14-12-17)35-27(37)24-25(28(35)38)31(34)20-8-4-3-7-19(20)30(24,33)21-9-5-6-10-22(21)31/h3-14,16,24-26H,15H2,1-2H3/t24-,25-,26+,30?,31?/m1/s1. The molecule has 1 fully saturated rings. The molecule has 1 aliphatic heterocycles. The van der Waals surface area contributed by atoms with Crippen molar-refractivity contribution in [1.82, 2.24) is 4.90 Å². The monoisotopic (exact) mass is 595 g/mol. The molecule has 0 aromatic heterocycles. The number of nitrogens with zero attached hydrogens (tertiary/aromatic N) is 1. The molecular formula is C31H24Cl3NO5. The van der Waals surface area contributed by atoms with E-state index in [4.69, 9.17) is 39.5 Å². The fourth-order valence-electron chi connectivity index (χ4n) is 6.58. The van der Waals surface area contributed by atoms with Crippen LogP contribution in [-0.4, -0.2) is 41.1 Å². The Kier molecular flexibility index (Phi) is 6.37. The number of ether oxygens (including phenoxy) is 1. The molecule has 2 amide bonds. The Labute approximate surface area is 246 Å². The van der Waals surface area contributed by atoms with Crippen LogP contribution < -0.4 is 0 Å². The van der Waals surface area contributed by atoms with E-state index in [0.29, 0.717) is 32.8 Å². The number of alkyl halides is 2. The van der Waals surface area contributed by atoms with Gasteiger partial charge in [-0.05, 0) is 52.4 Å². The zero-order valence-corrected chi connectivity index (χ0v) is 23.8. The topological polar surface area (TPSA) is 80.8 Å². The molecule has 0 saturated carbocycles. The van der Waals surface area contributed by atoms with Crippen LogP contribution >= 0.6 is 34.8 Å². The van der Waals surface area contributed by atoms with E-state index in [2.05, 4.69) is 0 Å². The normalized spacial score (nSPS) is 26.8. The lowest BCUT2D eigenvalue weighted by Gasteiger charge is -2.54. The van der Waals surface area contributed by atoms with Crippen LogP contribution in [0.25, 0.3) is 0 Å². The van der Waals surface area contributed by atoms with Crippen molar-refractivity contribution in [2.24, 2.45) is 17.8 Å². The third kappa shape index (κ3) is 3.55. The minimum absolute atomic E-state index is 0.318. The zero-order valence-electron chi connectivity index (χ0n) is 21.6. The Balaban J connectivity index is 1.37. The van der Waals surface area contributed by atoms with Crippen molar-refractivity contribution < 1.29 is 23.9 Å². The lowest BCUT2D eigenvalue weighted by atomic mass is 9.54. The molecule has 4 aliphatic rings. The molecule has 3 aromatic rings. The highest BCUT2D eigenvalue weighted by Gasteiger charge is 2.74. The molecule has 204 valence electrons. The number of imide groups is 1. The summed E-state index contributed by atoms with van der Waals surface area (Å²) in [6, 6.07) is 19.6. The second kappa shape index (κ2) is 9.44. The van der Waals surface area contributed by atoms with Crippen LogP contribution in [0.1, 0.15) is 46.5 Å². The molecule has 3 atom stereocenters. The van der Waals surface area contributed by atoms with E-state index in [1.54, 1.807) is 26.0 Å². The third-order valence-corrected chi connectivity index (χ3v) is 9.82. The maximum Gasteiger partial charge on any atom is 0.330 e. The molecule has 0 spiro atoms. The first kappa shape index (κ1) is 27.0. The lowest BCUT2D eigenvalue weighted by molar-refractivity contribution is -0.160. The Morgan fingerprint density at radius 2 is 1.23 bits per heavy atom. The first-order valence-corrected chi connectivity index (χ1v) is 14.1. The van der Waals surface area contributed by atoms with Crippen LogP contribution in [0.15, 0.2) is 72.8 Å². The van der Waals surface area contributed by atoms with E-state index in [-0.39, 0.29) is 0 Å². The van der Waals surface area contributed by atoms with Gasteiger partial charge in [0.05, 0.1) is 11.8 Å². The van der Waals surface area contributed by atoms with Gasteiger partial charge in [0.25, 0.3) is 0 Å². The van der Waals surface area contributed by atoms with Crippen LogP contribution in [0.4, 0.5) is 0 Å². The highest BCUT2D eigenvalue weighted by atomic mass is 35.5. The molecule has 0 radical (unpaired) electrons. The maximum absolute atomic E-state index is 14.2. The number of carbonyl (C=O) groups is 4. The quantitative estimate of drug-likeness (QED) is 0.158. The summed E-state index contributed by atoms with van der Waals surface area (Å²) in [5, 5.41) is 0.466. The van der Waals surface area contributed by atoms with Crippen molar-refractivity contribution in [3.05, 3.63) is 106 Å². The number of carbonyl (C=O) groups excluding carboxylic acids is 4. The summed E-state index contributed by atoms with van der Waals surface area (Å²) in [5.41, 5.74) is 3.01. The predicted molar refractivity (Wildman–Crippen MR) is 150 cm³/mol. The first-order valence-electron chi connectivity index (χ1n) is 12.9. The molecule has 40 heavy (non-hydrogen) atoms. The molecule has 2 bridgehead atoms. The van der Waals surface area contributed by atoms with Crippen molar-refractivity contribution in [1.29, 1.82) is 0 Å². The molecule has 3 aliphatic carbocycles. The fourth-order valence-corrected chi connectivity index (χ4v) is 7.80. The molecule has 1 heterocycles. The average Bonchev–Trinajstić information content (AvgIpc) is 3.21. The summed E-state index contributed by atoms with van der Waals surface area (Å²) in [7, 11) is 0. The number of rotatable bonds is 6. The smallest absolute Gasteiger partial charge is 0.330 e. The molecule has 6 nitrogen and oxygen atoms in total. The number of amides is 2. The highest BCUT2D eigenvalue weighted by molar-refractivity contribution is 6.36. The van der Waals surface area contributed by atoms with Gasteiger partial charge >= 0.3 is 5.97 Å². The largest absolute Gasteiger partial charge is 0.456 e. The van der Waals surface area contributed by atoms with E-state index in [0.717, 1.165) is 4.90 Å². The minimum Gasteiger partial charge on any atom is -0.456 e. The van der Waals surface area contributed by atoms with Gasteiger partial charge in [0.15, 0.2) is 12.4 Å². The number of esters is 1. The van der Waals surface area contributed by atoms with Gasteiger partial charge in [0.1, 0.15) is 15.8 Å². The van der Waals surface area contributed by atoms with E-state index in [1.165, 1.54) is 12.1 Å². The fraction of sp³-hybridized carbons (Fsp3) is 0.290. The van der Waals surface area contributed by atoms with Gasteiger partial charge in [-0.25, -0.2) is 4.79 Å². The highest BCUT2D eigenvalue weighted by Crippen LogP contribution is 2.69. The van der Waals surface area contributed by atoms with Crippen molar-refractivity contribution in [3.8, 4) is 0 Å². The number of halogens is 3. The zero-order chi connectivity index (χ0) is 28.6. The van der Waals surface area contributed by atoms with Crippen LogP contribution in [0, 0.1) is 17.8 Å². The van der Waals surface area contributed by atoms with Gasteiger partial charge in [-0.2, -0.15) is 0 Å². The number of ketones is 1. The maximum atomic E-state index is 14.2. The van der Waals surface area contributed by atoms with E-state index in [9.17, 15) is 19.2 Å². The van der Waals surface area contributed by atoms with E-state index < -0.39 is 63.7 Å². The first-order chi connectivity index (χ1) is 19.0. The molecular weight excluding hydrogens is 573 g/mol. The molecule has 7 rings (SSSR count). The number of likely N-dealkylation sites (tertiary alicyclic amines) is 1. The molecule has 3 aromatic carbocycles. The van der Waals surface area contributed by atoms with Crippen molar-refractivity contribution >= 4 is 58.4 Å². The summed E-state index contributed by atoms with van der Waals surface area (Å²) in [6.45, 7) is 2.86. The van der Waals surface area contributed by atoms with Gasteiger partial charge < -0.3 is 4.74 Å². The van der Waals surface area contributed by atoms with Crippen molar-refractivity contribution in [3.63, 3.8) is 0 Å². The van der Waals surface area contributed by atoms with Crippen LogP contribution in [0.2, 0.25) is 5.02 Å². The number of benzene rings is 3. The van der Waals surface area contributed by atoms with Crippen LogP contribution in [0.5, 0.6) is 0 Å². The Hall–Kier alpha value is -3.19. The summed E-state index contributed by atoms with van der Waals surface area (Å²) in [4.78, 5) is 52.8. The summed E-state index contributed by atoms with van der Waals surface area (Å²) >= 11 is 20.8. The predicted octanol–water partition coefficient (Wildman–Crippen LogP) is 5.68. The third-order valence-electron chi connectivity index (χ3n) is 8.28. The molecule has 0 unspecified atom stereocenters. The number of hydrogen-bond acceptors (Lipinski definition) is 5. The second-order valence-corrected chi connectivity index (χ2v) is 12.4. The molecule has 0 N–H and O–H groups in total.